The number of β-amino-alcohol motifs (C(OH)–C–C–N with tert-alkyl or cyclic N) is 1. The molecule has 1 aromatic rings. The maximum atomic E-state index is 12.2. The number of benzene rings is 1. The summed E-state index contributed by atoms with van der Waals surface area (Å²) in [4.78, 5) is 14.7. The molecule has 4 nitrogen and oxygen atoms in total. The van der Waals surface area contributed by atoms with Crippen LogP contribution in [0, 0.1) is 0 Å². The number of halogens is 3. The van der Waals surface area contributed by atoms with Crippen molar-refractivity contribution in [3.05, 3.63) is 35.9 Å². The van der Waals surface area contributed by atoms with Crippen LogP contribution in [-0.4, -0.2) is 59.7 Å². The Kier molecular flexibility index (Phi) is 5.42. The smallest absolute Gasteiger partial charge is 0.387 e. The lowest BCUT2D eigenvalue weighted by Gasteiger charge is -2.35. The molecule has 7 heteroatoms. The minimum absolute atomic E-state index is 0.260. The quantitative estimate of drug-likeness (QED) is 0.921. The Morgan fingerprint density at radius 2 is 1.73 bits per heavy atom. The zero-order valence-electron chi connectivity index (χ0n) is 12.1. The normalized spacial score (nSPS) is 18.3. The van der Waals surface area contributed by atoms with Gasteiger partial charge in [0.1, 0.15) is 6.42 Å². The number of alkyl halides is 3. The van der Waals surface area contributed by atoms with Gasteiger partial charge in [0.2, 0.25) is 5.91 Å². The van der Waals surface area contributed by atoms with Crippen LogP contribution < -0.4 is 0 Å². The monoisotopic (exact) mass is 316 g/mol. The van der Waals surface area contributed by atoms with E-state index in [4.69, 9.17) is 0 Å². The summed E-state index contributed by atoms with van der Waals surface area (Å²) in [6.45, 7) is 1.86. The second kappa shape index (κ2) is 7.11. The summed E-state index contributed by atoms with van der Waals surface area (Å²) in [6, 6.07) is 9.20. The zero-order chi connectivity index (χ0) is 16.2. The van der Waals surface area contributed by atoms with Crippen LogP contribution >= 0.6 is 0 Å². The van der Waals surface area contributed by atoms with Gasteiger partial charge in [-0.05, 0) is 5.56 Å². The van der Waals surface area contributed by atoms with E-state index in [1.807, 2.05) is 35.2 Å². The molecule has 0 saturated carbocycles. The molecule has 122 valence electrons. The Bertz CT molecular complexity index is 485. The third kappa shape index (κ3) is 4.99. The standard InChI is InChI=1S/C15H19F3N2O2/c16-15(17,18)10-14(22)20-8-6-19(7-9-20)11-13(21)12-4-2-1-3-5-12/h1-5,13,21H,6-11H2. The Morgan fingerprint density at radius 1 is 1.14 bits per heavy atom. The summed E-state index contributed by atoms with van der Waals surface area (Å²) in [5, 5.41) is 10.1. The number of aliphatic hydroxyl groups is 1. The van der Waals surface area contributed by atoms with E-state index in [0.29, 0.717) is 19.6 Å². The van der Waals surface area contributed by atoms with Gasteiger partial charge in [0.25, 0.3) is 0 Å². The van der Waals surface area contributed by atoms with Gasteiger partial charge in [-0.25, -0.2) is 0 Å². The van der Waals surface area contributed by atoms with Gasteiger partial charge < -0.3 is 10.0 Å². The molecule has 1 amide bonds. The van der Waals surface area contributed by atoms with Crippen LogP contribution in [0.25, 0.3) is 0 Å². The van der Waals surface area contributed by atoms with E-state index in [1.54, 1.807) is 0 Å². The molecule has 1 unspecified atom stereocenters. The van der Waals surface area contributed by atoms with E-state index in [1.165, 1.54) is 4.90 Å². The van der Waals surface area contributed by atoms with Crippen molar-refractivity contribution in [2.45, 2.75) is 18.7 Å². The van der Waals surface area contributed by atoms with Gasteiger partial charge in [-0.2, -0.15) is 13.2 Å². The summed E-state index contributed by atoms with van der Waals surface area (Å²) >= 11 is 0. The molecular weight excluding hydrogens is 297 g/mol. The van der Waals surface area contributed by atoms with Crippen molar-refractivity contribution in [2.24, 2.45) is 0 Å². The molecule has 0 radical (unpaired) electrons. The van der Waals surface area contributed by atoms with E-state index < -0.39 is 24.6 Å². The molecule has 0 bridgehead atoms. The van der Waals surface area contributed by atoms with Crippen LogP contribution in [0.3, 0.4) is 0 Å². The number of carbonyl (C=O) groups excluding carboxylic acids is 1. The summed E-state index contributed by atoms with van der Waals surface area (Å²) in [5.74, 6) is -0.879. The third-order valence-corrected chi connectivity index (χ3v) is 3.69. The van der Waals surface area contributed by atoms with Gasteiger partial charge >= 0.3 is 6.18 Å². The van der Waals surface area contributed by atoms with E-state index in [2.05, 4.69) is 0 Å². The highest BCUT2D eigenvalue weighted by molar-refractivity contribution is 5.76. The largest absolute Gasteiger partial charge is 0.397 e. The van der Waals surface area contributed by atoms with Gasteiger partial charge in [0.05, 0.1) is 6.10 Å². The molecule has 1 N–H and O–H groups in total. The number of rotatable bonds is 4. The van der Waals surface area contributed by atoms with Gasteiger partial charge in [-0.15, -0.1) is 0 Å². The molecule has 2 rings (SSSR count). The highest BCUT2D eigenvalue weighted by Gasteiger charge is 2.34. The molecule has 1 heterocycles. The van der Waals surface area contributed by atoms with Crippen molar-refractivity contribution < 1.29 is 23.1 Å². The minimum atomic E-state index is -4.46. The van der Waals surface area contributed by atoms with Crippen molar-refractivity contribution in [2.75, 3.05) is 32.7 Å². The van der Waals surface area contributed by atoms with E-state index in [0.717, 1.165) is 5.56 Å². The van der Waals surface area contributed by atoms with Crippen LogP contribution in [0.15, 0.2) is 30.3 Å². The lowest BCUT2D eigenvalue weighted by atomic mass is 10.1. The summed E-state index contributed by atoms with van der Waals surface area (Å²) in [5.41, 5.74) is 0.804. The maximum Gasteiger partial charge on any atom is 0.397 e. The number of carbonyl (C=O) groups is 1. The molecule has 1 fully saturated rings. The fraction of sp³-hybridized carbons (Fsp3) is 0.533. The lowest BCUT2D eigenvalue weighted by molar-refractivity contribution is -0.162. The SMILES string of the molecule is O=C(CC(F)(F)F)N1CCN(CC(O)c2ccccc2)CC1. The molecule has 1 saturated heterocycles. The Balaban J connectivity index is 1.79. The number of hydrogen-bond donors (Lipinski definition) is 1. The average Bonchev–Trinajstić information content (AvgIpc) is 2.47. The first-order valence-corrected chi connectivity index (χ1v) is 7.15. The Hall–Kier alpha value is -1.60. The van der Waals surface area contributed by atoms with Gasteiger partial charge in [0, 0.05) is 32.7 Å². The topological polar surface area (TPSA) is 43.8 Å². The average molecular weight is 316 g/mol. The molecule has 0 aliphatic carbocycles. The van der Waals surface area contributed by atoms with Gasteiger partial charge in [0.15, 0.2) is 0 Å². The van der Waals surface area contributed by atoms with Crippen LogP contribution in [0.5, 0.6) is 0 Å². The van der Waals surface area contributed by atoms with Crippen LogP contribution in [-0.2, 0) is 4.79 Å². The summed E-state index contributed by atoms with van der Waals surface area (Å²) in [7, 11) is 0. The molecule has 0 spiro atoms. The first-order chi connectivity index (χ1) is 10.3. The van der Waals surface area contributed by atoms with E-state index in [-0.39, 0.29) is 13.1 Å². The van der Waals surface area contributed by atoms with Crippen molar-refractivity contribution >= 4 is 5.91 Å². The molecule has 22 heavy (non-hydrogen) atoms. The number of amides is 1. The first-order valence-electron chi connectivity index (χ1n) is 7.15. The molecule has 1 aliphatic heterocycles. The highest BCUT2D eigenvalue weighted by Crippen LogP contribution is 2.21. The third-order valence-electron chi connectivity index (χ3n) is 3.69. The lowest BCUT2D eigenvalue weighted by Crippen LogP contribution is -2.50. The van der Waals surface area contributed by atoms with E-state index in [9.17, 15) is 23.1 Å². The second-order valence-electron chi connectivity index (χ2n) is 5.40. The van der Waals surface area contributed by atoms with Crippen LogP contribution in [0.1, 0.15) is 18.1 Å². The molecule has 1 aromatic carbocycles. The number of hydrogen-bond acceptors (Lipinski definition) is 3. The van der Waals surface area contributed by atoms with Crippen molar-refractivity contribution in [1.82, 2.24) is 9.80 Å². The predicted molar refractivity (Wildman–Crippen MR) is 75.1 cm³/mol. The molecule has 0 aromatic heterocycles. The van der Waals surface area contributed by atoms with Crippen molar-refractivity contribution in [3.8, 4) is 0 Å². The fourth-order valence-electron chi connectivity index (χ4n) is 2.49. The summed E-state index contributed by atoms with van der Waals surface area (Å²) < 4.78 is 36.6. The molecular formula is C15H19F3N2O2. The number of nitrogens with zero attached hydrogens (tertiary/aromatic N) is 2. The Morgan fingerprint density at radius 3 is 2.27 bits per heavy atom. The first kappa shape index (κ1) is 16.8. The van der Waals surface area contributed by atoms with E-state index >= 15 is 0 Å². The van der Waals surface area contributed by atoms with Crippen LogP contribution in [0.2, 0.25) is 0 Å². The van der Waals surface area contributed by atoms with Crippen molar-refractivity contribution in [3.63, 3.8) is 0 Å². The molecule has 1 aliphatic rings. The van der Waals surface area contributed by atoms with Gasteiger partial charge in [-0.3, -0.25) is 9.69 Å². The van der Waals surface area contributed by atoms with Crippen LogP contribution in [0.4, 0.5) is 13.2 Å². The summed E-state index contributed by atoms with van der Waals surface area (Å²) in [6.07, 6.45) is -6.50. The van der Waals surface area contributed by atoms with Crippen molar-refractivity contribution in [1.29, 1.82) is 0 Å². The predicted octanol–water partition coefficient (Wildman–Crippen LogP) is 1.82. The fourth-order valence-corrected chi connectivity index (χ4v) is 2.49. The minimum Gasteiger partial charge on any atom is -0.387 e. The highest BCUT2D eigenvalue weighted by atomic mass is 19.4. The second-order valence-corrected chi connectivity index (χ2v) is 5.40. The zero-order valence-corrected chi connectivity index (χ0v) is 12.1. The number of aliphatic hydroxyl groups excluding tert-OH is 1. The Labute approximate surface area is 127 Å². The molecule has 1 atom stereocenters. The van der Waals surface area contributed by atoms with Gasteiger partial charge in [-0.1, -0.05) is 30.3 Å². The maximum absolute atomic E-state index is 12.2. The number of piperazine rings is 1.